The van der Waals surface area contributed by atoms with Crippen LogP contribution < -0.4 is 10.1 Å². The first kappa shape index (κ1) is 22.0. The number of aromatic nitrogens is 2. The third kappa shape index (κ3) is 5.48. The number of benzene rings is 2. The lowest BCUT2D eigenvalue weighted by atomic mass is 10.0. The van der Waals surface area contributed by atoms with Crippen LogP contribution in [0.25, 0.3) is 11.5 Å². The van der Waals surface area contributed by atoms with Crippen molar-refractivity contribution >= 4 is 11.9 Å². The normalized spacial score (nSPS) is 11.8. The number of hydrogen-bond donors (Lipinski definition) is 1. The Morgan fingerprint density at radius 2 is 1.81 bits per heavy atom. The number of amides is 1. The average molecular weight is 423 g/mol. The summed E-state index contributed by atoms with van der Waals surface area (Å²) in [6.07, 6.45) is 0. The molecular formula is C23H25N3O5. The van der Waals surface area contributed by atoms with Crippen molar-refractivity contribution in [3.05, 3.63) is 65.5 Å². The predicted molar refractivity (Wildman–Crippen MR) is 113 cm³/mol. The lowest BCUT2D eigenvalue weighted by Crippen LogP contribution is -2.45. The lowest BCUT2D eigenvalue weighted by Gasteiger charge is -2.21. The maximum Gasteiger partial charge on any atom is 0.329 e. The quantitative estimate of drug-likeness (QED) is 0.553. The fourth-order valence-electron chi connectivity index (χ4n) is 2.93. The fraction of sp³-hybridized carbons (Fsp3) is 0.304. The Kier molecular flexibility index (Phi) is 7.02. The van der Waals surface area contributed by atoms with E-state index in [2.05, 4.69) is 15.5 Å². The summed E-state index contributed by atoms with van der Waals surface area (Å²) in [6, 6.07) is 13.5. The minimum Gasteiger partial charge on any atom is -0.497 e. The van der Waals surface area contributed by atoms with Crippen molar-refractivity contribution < 1.29 is 23.6 Å². The largest absolute Gasteiger partial charge is 0.497 e. The summed E-state index contributed by atoms with van der Waals surface area (Å²) in [7, 11) is 1.59. The summed E-state index contributed by atoms with van der Waals surface area (Å²) in [5, 5.41) is 6.61. The smallest absolute Gasteiger partial charge is 0.329 e. The van der Waals surface area contributed by atoms with Crippen LogP contribution >= 0.6 is 0 Å². The highest BCUT2D eigenvalue weighted by Crippen LogP contribution is 2.21. The molecule has 162 valence electrons. The minimum absolute atomic E-state index is 0.165. The van der Waals surface area contributed by atoms with E-state index in [4.69, 9.17) is 14.0 Å². The number of carbonyl (C=O) groups excluding carboxylic acids is 2. The van der Waals surface area contributed by atoms with Crippen molar-refractivity contribution in [2.45, 2.75) is 33.4 Å². The monoisotopic (exact) mass is 423 g/mol. The van der Waals surface area contributed by atoms with Crippen molar-refractivity contribution in [1.29, 1.82) is 0 Å². The van der Waals surface area contributed by atoms with Crippen molar-refractivity contribution in [2.75, 3.05) is 7.11 Å². The maximum atomic E-state index is 12.6. The molecule has 0 spiro atoms. The van der Waals surface area contributed by atoms with Gasteiger partial charge in [-0.25, -0.2) is 4.79 Å². The highest BCUT2D eigenvalue weighted by Gasteiger charge is 2.27. The molecule has 0 aliphatic rings. The van der Waals surface area contributed by atoms with Crippen molar-refractivity contribution in [2.24, 2.45) is 5.92 Å². The van der Waals surface area contributed by atoms with Gasteiger partial charge in [-0.05, 0) is 48.7 Å². The average Bonchev–Trinajstić information content (AvgIpc) is 3.25. The second-order valence-electron chi connectivity index (χ2n) is 7.36. The Balaban J connectivity index is 1.62. The van der Waals surface area contributed by atoms with Crippen LogP contribution in [0.4, 0.5) is 0 Å². The Hall–Kier alpha value is -3.68. The van der Waals surface area contributed by atoms with Gasteiger partial charge in [0.2, 0.25) is 5.82 Å². The third-order valence-corrected chi connectivity index (χ3v) is 4.75. The molecule has 0 aliphatic heterocycles. The summed E-state index contributed by atoms with van der Waals surface area (Å²) in [4.78, 5) is 29.5. The highest BCUT2D eigenvalue weighted by atomic mass is 16.5. The van der Waals surface area contributed by atoms with Crippen LogP contribution in [0.2, 0.25) is 0 Å². The van der Waals surface area contributed by atoms with Crippen LogP contribution in [-0.4, -0.2) is 35.2 Å². The van der Waals surface area contributed by atoms with Crippen LogP contribution in [0.15, 0.2) is 53.1 Å². The molecule has 2 aromatic carbocycles. The molecule has 1 aromatic heterocycles. The molecule has 3 rings (SSSR count). The molecule has 0 fully saturated rings. The Labute approximate surface area is 180 Å². The summed E-state index contributed by atoms with van der Waals surface area (Å²) in [6.45, 7) is 5.34. The van der Waals surface area contributed by atoms with Crippen LogP contribution in [0.1, 0.15) is 35.6 Å². The molecule has 1 N–H and O–H groups in total. The van der Waals surface area contributed by atoms with Gasteiger partial charge in [0, 0.05) is 11.1 Å². The molecule has 0 unspecified atom stereocenters. The second-order valence-corrected chi connectivity index (χ2v) is 7.36. The van der Waals surface area contributed by atoms with Crippen molar-refractivity contribution in [3.8, 4) is 17.2 Å². The summed E-state index contributed by atoms with van der Waals surface area (Å²) < 4.78 is 15.7. The Morgan fingerprint density at radius 1 is 1.10 bits per heavy atom. The highest BCUT2D eigenvalue weighted by molar-refractivity contribution is 5.98. The van der Waals surface area contributed by atoms with Crippen molar-refractivity contribution in [1.82, 2.24) is 15.5 Å². The number of ether oxygens (including phenoxy) is 2. The van der Waals surface area contributed by atoms with E-state index in [1.807, 2.05) is 32.9 Å². The topological polar surface area (TPSA) is 104 Å². The molecule has 3 aromatic rings. The van der Waals surface area contributed by atoms with E-state index in [1.165, 1.54) is 0 Å². The number of carbonyl (C=O) groups is 2. The van der Waals surface area contributed by atoms with E-state index < -0.39 is 12.0 Å². The van der Waals surface area contributed by atoms with Crippen molar-refractivity contribution in [3.63, 3.8) is 0 Å². The number of esters is 1. The van der Waals surface area contributed by atoms with E-state index in [1.54, 1.807) is 43.5 Å². The molecule has 31 heavy (non-hydrogen) atoms. The second kappa shape index (κ2) is 9.88. The van der Waals surface area contributed by atoms with Gasteiger partial charge < -0.3 is 19.3 Å². The molecule has 1 amide bonds. The van der Waals surface area contributed by atoms with Gasteiger partial charge in [0.05, 0.1) is 7.11 Å². The number of nitrogens with zero attached hydrogens (tertiary/aromatic N) is 2. The van der Waals surface area contributed by atoms with E-state index in [-0.39, 0.29) is 24.3 Å². The molecule has 0 aliphatic carbocycles. The minimum atomic E-state index is -0.805. The number of methoxy groups -OCH3 is 1. The third-order valence-electron chi connectivity index (χ3n) is 4.75. The molecule has 0 bridgehead atoms. The van der Waals surface area contributed by atoms with Gasteiger partial charge >= 0.3 is 5.97 Å². The zero-order chi connectivity index (χ0) is 22.4. The maximum absolute atomic E-state index is 12.6. The van der Waals surface area contributed by atoms with Crippen LogP contribution in [-0.2, 0) is 16.1 Å². The SMILES string of the molecule is COc1ccc(-c2nc(COC(=O)[C@@H](NC(=O)c3ccccc3C)C(C)C)no2)cc1. The number of hydrogen-bond acceptors (Lipinski definition) is 7. The first-order chi connectivity index (χ1) is 14.9. The van der Waals surface area contributed by atoms with Gasteiger partial charge in [-0.3, -0.25) is 4.79 Å². The van der Waals surface area contributed by atoms with E-state index in [0.29, 0.717) is 17.2 Å². The molecule has 1 atom stereocenters. The van der Waals surface area contributed by atoms with Gasteiger partial charge in [-0.15, -0.1) is 0 Å². The predicted octanol–water partition coefficient (Wildman–Crippen LogP) is 3.55. The van der Waals surface area contributed by atoms with E-state index in [9.17, 15) is 9.59 Å². The summed E-state index contributed by atoms with van der Waals surface area (Å²) >= 11 is 0. The number of rotatable bonds is 8. The summed E-state index contributed by atoms with van der Waals surface area (Å²) in [5.74, 6) is 0.196. The molecular weight excluding hydrogens is 398 g/mol. The molecule has 8 nitrogen and oxygen atoms in total. The molecule has 1 heterocycles. The van der Waals surface area contributed by atoms with Crippen LogP contribution in [0.5, 0.6) is 5.75 Å². The van der Waals surface area contributed by atoms with Gasteiger partial charge in [-0.2, -0.15) is 4.98 Å². The lowest BCUT2D eigenvalue weighted by molar-refractivity contribution is -0.148. The Morgan fingerprint density at radius 3 is 2.45 bits per heavy atom. The van der Waals surface area contributed by atoms with Crippen LogP contribution in [0.3, 0.4) is 0 Å². The number of aryl methyl sites for hydroxylation is 1. The molecule has 0 saturated heterocycles. The molecule has 0 saturated carbocycles. The Bertz CT molecular complexity index is 1040. The zero-order valence-electron chi connectivity index (χ0n) is 17.9. The van der Waals surface area contributed by atoms with E-state index in [0.717, 1.165) is 11.1 Å². The first-order valence-corrected chi connectivity index (χ1v) is 9.89. The molecule has 0 radical (unpaired) electrons. The standard InChI is InChI=1S/C23H25N3O5/c1-14(2)20(25-21(27)18-8-6-5-7-15(18)3)23(28)30-13-19-24-22(31-26-19)16-9-11-17(29-4)12-10-16/h5-12,14,20H,13H2,1-4H3,(H,25,27)/t20-/m0/s1. The van der Waals surface area contributed by atoms with Gasteiger partial charge in [-0.1, -0.05) is 37.2 Å². The number of nitrogens with one attached hydrogen (secondary N) is 1. The van der Waals surface area contributed by atoms with Crippen LogP contribution in [0, 0.1) is 12.8 Å². The zero-order valence-corrected chi connectivity index (χ0v) is 17.9. The fourth-order valence-corrected chi connectivity index (χ4v) is 2.93. The van der Waals surface area contributed by atoms with Gasteiger partial charge in [0.1, 0.15) is 11.8 Å². The molecule has 8 heteroatoms. The first-order valence-electron chi connectivity index (χ1n) is 9.89. The van der Waals surface area contributed by atoms with Gasteiger partial charge in [0.15, 0.2) is 6.61 Å². The summed E-state index contributed by atoms with van der Waals surface area (Å²) in [5.41, 5.74) is 2.06. The van der Waals surface area contributed by atoms with E-state index >= 15 is 0 Å². The van der Waals surface area contributed by atoms with Gasteiger partial charge in [0.25, 0.3) is 11.8 Å².